The lowest BCUT2D eigenvalue weighted by molar-refractivity contribution is -0.137. The Balaban J connectivity index is 1.52. The van der Waals surface area contributed by atoms with Crippen LogP contribution in [0.2, 0.25) is 0 Å². The van der Waals surface area contributed by atoms with E-state index in [0.717, 1.165) is 24.3 Å². The number of sulfonamides is 2. The molecule has 40 heavy (non-hydrogen) atoms. The summed E-state index contributed by atoms with van der Waals surface area (Å²) < 4.78 is 104. The zero-order valence-electron chi connectivity index (χ0n) is 20.9. The highest BCUT2D eigenvalue weighted by molar-refractivity contribution is 7.92. The van der Waals surface area contributed by atoms with Gasteiger partial charge in [-0.15, -0.1) is 0 Å². The van der Waals surface area contributed by atoms with Crippen molar-refractivity contribution in [3.05, 3.63) is 77.9 Å². The fraction of sp³-hybridized carbons (Fsp3) is 0.240. The highest BCUT2D eigenvalue weighted by Gasteiger charge is 2.31. The number of nitrogens with one attached hydrogen (secondary N) is 2. The van der Waals surface area contributed by atoms with Gasteiger partial charge < -0.3 is 14.8 Å². The number of hydrogen-bond donors (Lipinski definition) is 2. The van der Waals surface area contributed by atoms with Crippen LogP contribution in [0.5, 0.6) is 5.75 Å². The third-order valence-electron chi connectivity index (χ3n) is 5.89. The zero-order chi connectivity index (χ0) is 29.1. The van der Waals surface area contributed by atoms with Gasteiger partial charge in [0.05, 0.1) is 41.2 Å². The van der Waals surface area contributed by atoms with Gasteiger partial charge in [-0.1, -0.05) is 6.07 Å². The predicted octanol–water partition coefficient (Wildman–Crippen LogP) is 3.79. The molecular weight excluding hydrogens is 575 g/mol. The summed E-state index contributed by atoms with van der Waals surface area (Å²) in [6.07, 6.45) is -4.64. The van der Waals surface area contributed by atoms with Crippen molar-refractivity contribution in [2.75, 3.05) is 43.5 Å². The molecule has 1 aliphatic heterocycles. The minimum atomic E-state index is -4.64. The number of rotatable bonds is 8. The topological polar surface area (TPSA) is 131 Å². The Morgan fingerprint density at radius 3 is 2.17 bits per heavy atom. The molecule has 3 aromatic carbocycles. The molecule has 0 saturated carbocycles. The average Bonchev–Trinajstić information content (AvgIpc) is 2.93. The SMILES string of the molecule is COc1ccc(S(=O)(=O)N2CCOCC2)cc1C(=O)Nc1ccc(S(=O)(=O)Nc2cccc(C(F)(F)F)c2)cc1. The number of ether oxygens (including phenoxy) is 2. The third kappa shape index (κ3) is 6.55. The van der Waals surface area contributed by atoms with Crippen LogP contribution in [0.4, 0.5) is 24.5 Å². The summed E-state index contributed by atoms with van der Waals surface area (Å²) in [6.45, 7) is 0.857. The van der Waals surface area contributed by atoms with Crippen LogP contribution >= 0.6 is 0 Å². The predicted molar refractivity (Wildman–Crippen MR) is 139 cm³/mol. The molecule has 3 aromatic rings. The Hall–Kier alpha value is -3.66. The molecule has 0 atom stereocenters. The summed E-state index contributed by atoms with van der Waals surface area (Å²) >= 11 is 0. The maximum atomic E-state index is 13.0. The van der Waals surface area contributed by atoms with Crippen LogP contribution in [-0.4, -0.2) is 60.5 Å². The molecule has 15 heteroatoms. The lowest BCUT2D eigenvalue weighted by Crippen LogP contribution is -2.40. The van der Waals surface area contributed by atoms with Crippen LogP contribution in [-0.2, 0) is 31.0 Å². The second kappa shape index (κ2) is 11.4. The van der Waals surface area contributed by atoms with Gasteiger partial charge in [-0.3, -0.25) is 9.52 Å². The highest BCUT2D eigenvalue weighted by atomic mass is 32.2. The van der Waals surface area contributed by atoms with E-state index in [1.54, 1.807) is 0 Å². The fourth-order valence-corrected chi connectivity index (χ4v) is 6.33. The summed E-state index contributed by atoms with van der Waals surface area (Å²) in [7, 11) is -6.82. The Kier molecular flexibility index (Phi) is 8.39. The first-order chi connectivity index (χ1) is 18.8. The van der Waals surface area contributed by atoms with Crippen molar-refractivity contribution in [2.24, 2.45) is 0 Å². The second-order valence-corrected chi connectivity index (χ2v) is 12.2. The third-order valence-corrected chi connectivity index (χ3v) is 9.18. The van der Waals surface area contributed by atoms with Gasteiger partial charge in [0, 0.05) is 24.5 Å². The molecule has 0 bridgehead atoms. The summed E-state index contributed by atoms with van der Waals surface area (Å²) in [4.78, 5) is 12.7. The number of hydrogen-bond acceptors (Lipinski definition) is 7. The molecule has 0 aliphatic carbocycles. The number of anilines is 2. The molecule has 0 spiro atoms. The van der Waals surface area contributed by atoms with Gasteiger partial charge in [-0.05, 0) is 60.7 Å². The first-order valence-corrected chi connectivity index (χ1v) is 14.6. The van der Waals surface area contributed by atoms with Crippen molar-refractivity contribution in [2.45, 2.75) is 16.0 Å². The Bertz CT molecular complexity index is 1610. The van der Waals surface area contributed by atoms with Crippen molar-refractivity contribution in [1.82, 2.24) is 4.31 Å². The number of halogens is 3. The van der Waals surface area contributed by atoms with Crippen LogP contribution < -0.4 is 14.8 Å². The number of carbonyl (C=O) groups excluding carboxylic acids is 1. The Morgan fingerprint density at radius 2 is 1.55 bits per heavy atom. The van der Waals surface area contributed by atoms with Crippen molar-refractivity contribution in [3.63, 3.8) is 0 Å². The lowest BCUT2D eigenvalue weighted by Gasteiger charge is -2.26. The molecule has 4 rings (SSSR count). The van der Waals surface area contributed by atoms with E-state index in [1.807, 2.05) is 0 Å². The molecule has 1 saturated heterocycles. The standard InChI is InChI=1S/C25H24F3N3O7S2/c1-37-23-10-9-21(40(35,36)31-11-13-38-14-12-31)16-22(23)24(32)29-18-5-7-20(8-6-18)39(33,34)30-19-4-2-3-17(15-19)25(26,27)28/h2-10,15-16,30H,11-14H2,1H3,(H,29,32). The summed E-state index contributed by atoms with van der Waals surface area (Å²) in [5.74, 6) is -0.600. The van der Waals surface area contributed by atoms with Crippen molar-refractivity contribution < 1.29 is 44.3 Å². The number of alkyl halides is 3. The summed E-state index contributed by atoms with van der Waals surface area (Å²) in [6, 6.07) is 12.5. The summed E-state index contributed by atoms with van der Waals surface area (Å²) in [5.41, 5.74) is -1.18. The van der Waals surface area contributed by atoms with E-state index >= 15 is 0 Å². The van der Waals surface area contributed by atoms with Crippen molar-refractivity contribution >= 4 is 37.3 Å². The first kappa shape index (κ1) is 29.3. The Labute approximate surface area is 228 Å². The van der Waals surface area contributed by atoms with Crippen LogP contribution in [0, 0.1) is 0 Å². The number of amides is 1. The quantitative estimate of drug-likeness (QED) is 0.403. The Morgan fingerprint density at radius 1 is 0.900 bits per heavy atom. The monoisotopic (exact) mass is 599 g/mol. The number of methoxy groups -OCH3 is 1. The molecule has 0 radical (unpaired) electrons. The molecule has 2 N–H and O–H groups in total. The molecule has 0 aromatic heterocycles. The largest absolute Gasteiger partial charge is 0.496 e. The normalized spacial score (nSPS) is 14.9. The van der Waals surface area contributed by atoms with E-state index in [4.69, 9.17) is 9.47 Å². The molecule has 1 amide bonds. The van der Waals surface area contributed by atoms with Crippen LogP contribution in [0.25, 0.3) is 0 Å². The number of morpholine rings is 1. The lowest BCUT2D eigenvalue weighted by atomic mass is 10.2. The van der Waals surface area contributed by atoms with Crippen molar-refractivity contribution in [3.8, 4) is 5.75 Å². The number of nitrogens with zero attached hydrogens (tertiary/aromatic N) is 1. The molecule has 0 unspecified atom stereocenters. The molecule has 214 valence electrons. The second-order valence-electron chi connectivity index (χ2n) is 8.54. The first-order valence-electron chi connectivity index (χ1n) is 11.7. The maximum Gasteiger partial charge on any atom is 0.416 e. The van der Waals surface area contributed by atoms with Gasteiger partial charge in [-0.25, -0.2) is 16.8 Å². The van der Waals surface area contributed by atoms with Gasteiger partial charge in [0.25, 0.3) is 15.9 Å². The fourth-order valence-electron chi connectivity index (χ4n) is 3.85. The van der Waals surface area contributed by atoms with Crippen LogP contribution in [0.3, 0.4) is 0 Å². The molecule has 1 heterocycles. The van der Waals surface area contributed by atoms with E-state index in [1.165, 1.54) is 47.8 Å². The van der Waals surface area contributed by atoms with Crippen LogP contribution in [0.15, 0.2) is 76.5 Å². The zero-order valence-corrected chi connectivity index (χ0v) is 22.6. The maximum absolute atomic E-state index is 13.0. The van der Waals surface area contributed by atoms with E-state index in [-0.39, 0.29) is 58.8 Å². The van der Waals surface area contributed by atoms with E-state index in [9.17, 15) is 34.8 Å². The van der Waals surface area contributed by atoms with Gasteiger partial charge >= 0.3 is 6.18 Å². The molecule has 1 fully saturated rings. The molecular formula is C25H24F3N3O7S2. The highest BCUT2D eigenvalue weighted by Crippen LogP contribution is 2.31. The van der Waals surface area contributed by atoms with Gasteiger partial charge in [-0.2, -0.15) is 17.5 Å². The van der Waals surface area contributed by atoms with Crippen molar-refractivity contribution in [1.29, 1.82) is 0 Å². The summed E-state index contributed by atoms with van der Waals surface area (Å²) in [5, 5.41) is 2.56. The number of carbonyl (C=O) groups is 1. The minimum absolute atomic E-state index is 0.0697. The number of benzene rings is 3. The molecule has 1 aliphatic rings. The minimum Gasteiger partial charge on any atom is -0.496 e. The van der Waals surface area contributed by atoms with Gasteiger partial charge in [0.15, 0.2) is 0 Å². The van der Waals surface area contributed by atoms with Gasteiger partial charge in [0.1, 0.15) is 5.75 Å². The average molecular weight is 600 g/mol. The van der Waals surface area contributed by atoms with E-state index in [2.05, 4.69) is 10.0 Å². The smallest absolute Gasteiger partial charge is 0.416 e. The van der Waals surface area contributed by atoms with Crippen LogP contribution in [0.1, 0.15) is 15.9 Å². The van der Waals surface area contributed by atoms with E-state index in [0.29, 0.717) is 6.07 Å². The van der Waals surface area contributed by atoms with E-state index < -0.39 is 37.7 Å². The molecule has 10 nitrogen and oxygen atoms in total. The van der Waals surface area contributed by atoms with Gasteiger partial charge in [0.2, 0.25) is 10.0 Å².